The third kappa shape index (κ3) is 3.09. The molecule has 2 atom stereocenters. The second-order valence-corrected chi connectivity index (χ2v) is 7.61. The molecule has 116 valence electrons. The van der Waals surface area contributed by atoms with Crippen molar-refractivity contribution in [3.8, 4) is 0 Å². The first kappa shape index (κ1) is 15.9. The molecule has 0 spiro atoms. The lowest BCUT2D eigenvalue weighted by Gasteiger charge is -2.48. The Kier molecular flexibility index (Phi) is 4.36. The molecule has 0 aromatic carbocycles. The molecule has 2 nitrogen and oxygen atoms in total. The predicted octanol–water partition coefficient (Wildman–Crippen LogP) is 4.53. The Labute approximate surface area is 129 Å². The molecule has 1 aromatic heterocycles. The van der Waals surface area contributed by atoms with Gasteiger partial charge in [0.05, 0.1) is 0 Å². The van der Waals surface area contributed by atoms with Crippen LogP contribution in [0.4, 0.5) is 0 Å². The highest BCUT2D eigenvalue weighted by Crippen LogP contribution is 2.53. The van der Waals surface area contributed by atoms with Crippen LogP contribution < -0.4 is 5.73 Å². The summed E-state index contributed by atoms with van der Waals surface area (Å²) in [5.74, 6) is 0.718. The highest BCUT2D eigenvalue weighted by Gasteiger charge is 2.45. The van der Waals surface area contributed by atoms with Crippen LogP contribution in [0.2, 0.25) is 0 Å². The van der Waals surface area contributed by atoms with Crippen LogP contribution in [0.3, 0.4) is 0 Å². The van der Waals surface area contributed by atoms with Gasteiger partial charge in [-0.1, -0.05) is 26.8 Å². The third-order valence-corrected chi connectivity index (χ3v) is 4.90. The van der Waals surface area contributed by atoms with Crippen LogP contribution in [0, 0.1) is 11.3 Å². The predicted molar refractivity (Wildman–Crippen MR) is 91.0 cm³/mol. The topological polar surface area (TPSA) is 30.9 Å². The van der Waals surface area contributed by atoms with Gasteiger partial charge in [0, 0.05) is 24.9 Å². The average Bonchev–Trinajstić information content (AvgIpc) is 2.80. The molecule has 1 fully saturated rings. The minimum absolute atomic E-state index is 0.0903. The van der Waals surface area contributed by atoms with Crippen molar-refractivity contribution in [3.63, 3.8) is 0 Å². The van der Waals surface area contributed by atoms with Gasteiger partial charge in [-0.05, 0) is 67.0 Å². The van der Waals surface area contributed by atoms with Gasteiger partial charge in [0.15, 0.2) is 0 Å². The van der Waals surface area contributed by atoms with Crippen LogP contribution in [-0.4, -0.2) is 4.57 Å². The molecule has 0 radical (unpaired) electrons. The van der Waals surface area contributed by atoms with Crippen LogP contribution >= 0.6 is 0 Å². The quantitative estimate of drug-likeness (QED) is 0.813. The van der Waals surface area contributed by atoms with E-state index in [4.69, 9.17) is 5.73 Å². The summed E-state index contributed by atoms with van der Waals surface area (Å²) in [7, 11) is 2.10. The normalized spacial score (nSPS) is 30.0. The lowest BCUT2D eigenvalue weighted by atomic mass is 9.55. The van der Waals surface area contributed by atoms with E-state index < -0.39 is 0 Å². The van der Waals surface area contributed by atoms with Crippen LogP contribution in [0.15, 0.2) is 42.4 Å². The number of aromatic nitrogens is 1. The van der Waals surface area contributed by atoms with Crippen molar-refractivity contribution in [1.29, 1.82) is 0 Å². The van der Waals surface area contributed by atoms with E-state index in [0.717, 1.165) is 5.92 Å². The molecule has 1 aliphatic rings. The summed E-state index contributed by atoms with van der Waals surface area (Å²) in [5.41, 5.74) is 8.96. The second-order valence-electron chi connectivity index (χ2n) is 7.61. The number of hydrogen-bond donors (Lipinski definition) is 1. The Balaban J connectivity index is 2.59. The highest BCUT2D eigenvalue weighted by atomic mass is 14.9. The zero-order valence-electron chi connectivity index (χ0n) is 14.2. The van der Waals surface area contributed by atoms with E-state index in [1.54, 1.807) is 6.20 Å². The second kappa shape index (κ2) is 5.75. The molecule has 2 N–H and O–H groups in total. The van der Waals surface area contributed by atoms with Crippen molar-refractivity contribution >= 4 is 0 Å². The lowest BCUT2D eigenvalue weighted by Crippen LogP contribution is -2.41. The summed E-state index contributed by atoms with van der Waals surface area (Å²) >= 11 is 0. The first-order valence-electron chi connectivity index (χ1n) is 8.00. The number of allylic oxidation sites excluding steroid dienone is 3. The van der Waals surface area contributed by atoms with Crippen molar-refractivity contribution in [1.82, 2.24) is 4.57 Å². The number of nitrogens with two attached hydrogens (primary N) is 1. The average molecular weight is 286 g/mol. The Morgan fingerprint density at radius 1 is 1.38 bits per heavy atom. The van der Waals surface area contributed by atoms with E-state index in [2.05, 4.69) is 69.9 Å². The molecule has 0 saturated heterocycles. The molecule has 1 heterocycles. The van der Waals surface area contributed by atoms with Crippen LogP contribution in [0.1, 0.15) is 52.5 Å². The Morgan fingerprint density at radius 2 is 2.10 bits per heavy atom. The van der Waals surface area contributed by atoms with E-state index in [1.165, 1.54) is 30.4 Å². The van der Waals surface area contributed by atoms with Gasteiger partial charge in [-0.25, -0.2) is 0 Å². The van der Waals surface area contributed by atoms with Crippen molar-refractivity contribution in [2.24, 2.45) is 24.1 Å². The largest absolute Gasteiger partial charge is 0.405 e. The third-order valence-electron chi connectivity index (χ3n) is 4.90. The standard InChI is InChI=1S/C19H30N2/c1-6-16(7-9-20)19(17-8-10-21(5)13-17)12-15(2)11-18(3,4)14-19/h6-10,13,15H,11-12,14,20H2,1-5H3/b9-7-,16-6+. The summed E-state index contributed by atoms with van der Waals surface area (Å²) in [5, 5.41) is 0. The summed E-state index contributed by atoms with van der Waals surface area (Å²) in [6, 6.07) is 2.28. The minimum atomic E-state index is 0.0903. The van der Waals surface area contributed by atoms with Crippen LogP contribution in [0.5, 0.6) is 0 Å². The summed E-state index contributed by atoms with van der Waals surface area (Å²) in [6.45, 7) is 9.32. The fourth-order valence-electron chi connectivity index (χ4n) is 4.60. The maximum absolute atomic E-state index is 5.73. The van der Waals surface area contributed by atoms with Gasteiger partial charge in [0.25, 0.3) is 0 Å². The van der Waals surface area contributed by atoms with Gasteiger partial charge in [0.2, 0.25) is 0 Å². The van der Waals surface area contributed by atoms with E-state index in [1.807, 2.05) is 0 Å². The zero-order chi connectivity index (χ0) is 15.7. The maximum atomic E-state index is 5.73. The number of rotatable bonds is 3. The molecular formula is C19H30N2. The summed E-state index contributed by atoms with van der Waals surface area (Å²) in [6.07, 6.45) is 14.1. The first-order chi connectivity index (χ1) is 9.83. The van der Waals surface area contributed by atoms with E-state index in [9.17, 15) is 0 Å². The van der Waals surface area contributed by atoms with Gasteiger partial charge in [-0.2, -0.15) is 0 Å². The highest BCUT2D eigenvalue weighted by molar-refractivity contribution is 5.42. The summed E-state index contributed by atoms with van der Waals surface area (Å²) < 4.78 is 2.16. The Bertz CT molecular complexity index is 548. The SMILES string of the molecule is C/C=C(\C=C/N)C1(c2ccn(C)c2)CC(C)CC(C)(C)C1. The van der Waals surface area contributed by atoms with Gasteiger partial charge >= 0.3 is 0 Å². The smallest absolute Gasteiger partial charge is 0.0222 e. The molecule has 1 aliphatic carbocycles. The first-order valence-corrected chi connectivity index (χ1v) is 8.00. The van der Waals surface area contributed by atoms with Gasteiger partial charge in [0.1, 0.15) is 0 Å². The molecule has 1 saturated carbocycles. The van der Waals surface area contributed by atoms with Crippen molar-refractivity contribution in [2.45, 2.75) is 52.4 Å². The molecule has 2 rings (SSSR count). The zero-order valence-corrected chi connectivity index (χ0v) is 14.2. The summed E-state index contributed by atoms with van der Waals surface area (Å²) in [4.78, 5) is 0. The molecular weight excluding hydrogens is 256 g/mol. The Morgan fingerprint density at radius 3 is 2.57 bits per heavy atom. The molecule has 2 heteroatoms. The van der Waals surface area contributed by atoms with Gasteiger partial charge in [-0.15, -0.1) is 0 Å². The maximum Gasteiger partial charge on any atom is 0.0222 e. The van der Waals surface area contributed by atoms with Crippen molar-refractivity contribution in [3.05, 3.63) is 47.9 Å². The minimum Gasteiger partial charge on any atom is -0.405 e. The van der Waals surface area contributed by atoms with Crippen LogP contribution in [0.25, 0.3) is 0 Å². The van der Waals surface area contributed by atoms with Crippen LogP contribution in [-0.2, 0) is 12.5 Å². The van der Waals surface area contributed by atoms with E-state index in [-0.39, 0.29) is 5.41 Å². The van der Waals surface area contributed by atoms with Gasteiger partial charge < -0.3 is 10.3 Å². The number of aryl methyl sites for hydroxylation is 1. The van der Waals surface area contributed by atoms with Crippen molar-refractivity contribution < 1.29 is 0 Å². The molecule has 0 bridgehead atoms. The van der Waals surface area contributed by atoms with Crippen molar-refractivity contribution in [2.75, 3.05) is 0 Å². The van der Waals surface area contributed by atoms with E-state index in [0.29, 0.717) is 5.41 Å². The fourth-order valence-corrected chi connectivity index (χ4v) is 4.60. The molecule has 0 amide bonds. The number of hydrogen-bond acceptors (Lipinski definition) is 1. The van der Waals surface area contributed by atoms with Gasteiger partial charge in [-0.3, -0.25) is 0 Å². The molecule has 0 aliphatic heterocycles. The Hall–Kier alpha value is -1.44. The fraction of sp³-hybridized carbons (Fsp3) is 0.579. The lowest BCUT2D eigenvalue weighted by molar-refractivity contribution is 0.126. The molecule has 2 unspecified atom stereocenters. The molecule has 1 aromatic rings. The molecule has 21 heavy (non-hydrogen) atoms. The number of nitrogens with zero attached hydrogens (tertiary/aromatic N) is 1. The van der Waals surface area contributed by atoms with E-state index >= 15 is 0 Å². The monoisotopic (exact) mass is 286 g/mol.